The highest BCUT2D eigenvalue weighted by Gasteiger charge is 2.21. The van der Waals surface area contributed by atoms with E-state index in [1.807, 2.05) is 6.07 Å². The summed E-state index contributed by atoms with van der Waals surface area (Å²) in [7, 11) is 2.17. The molecule has 2 aromatic carbocycles. The van der Waals surface area contributed by atoms with Crippen molar-refractivity contribution in [3.8, 4) is 0 Å². The van der Waals surface area contributed by atoms with Crippen LogP contribution in [0.25, 0.3) is 10.9 Å². The lowest BCUT2D eigenvalue weighted by atomic mass is 9.89. The molecule has 4 heteroatoms. The summed E-state index contributed by atoms with van der Waals surface area (Å²) >= 11 is 0. The minimum Gasteiger partial charge on any atom is -0.361 e. The number of carbonyl (C=O) groups excluding carboxylic acids is 1. The molecular formula is C22H23FN2O. The van der Waals surface area contributed by atoms with Gasteiger partial charge in [-0.3, -0.25) is 4.79 Å². The Hall–Kier alpha value is -2.46. The van der Waals surface area contributed by atoms with Crippen LogP contribution in [0.4, 0.5) is 4.39 Å². The molecule has 1 N–H and O–H groups in total. The van der Waals surface area contributed by atoms with Gasteiger partial charge in [-0.05, 0) is 86.4 Å². The summed E-state index contributed by atoms with van der Waals surface area (Å²) < 4.78 is 13.0. The van der Waals surface area contributed by atoms with Crippen LogP contribution in [0.3, 0.4) is 0 Å². The number of hydrogen-bond donors (Lipinski definition) is 1. The van der Waals surface area contributed by atoms with Crippen molar-refractivity contribution in [3.63, 3.8) is 0 Å². The van der Waals surface area contributed by atoms with Crippen LogP contribution >= 0.6 is 0 Å². The highest BCUT2D eigenvalue weighted by Crippen LogP contribution is 2.33. The van der Waals surface area contributed by atoms with E-state index in [1.54, 1.807) is 12.1 Å². The van der Waals surface area contributed by atoms with Gasteiger partial charge in [0.1, 0.15) is 5.82 Å². The van der Waals surface area contributed by atoms with E-state index in [1.165, 1.54) is 35.9 Å². The number of likely N-dealkylation sites (tertiary alicyclic amines) is 1. The fourth-order valence-electron chi connectivity index (χ4n) is 3.88. The largest absolute Gasteiger partial charge is 0.361 e. The van der Waals surface area contributed by atoms with Gasteiger partial charge in [0.05, 0.1) is 0 Å². The molecule has 0 saturated carbocycles. The molecule has 1 aliphatic heterocycles. The van der Waals surface area contributed by atoms with E-state index < -0.39 is 0 Å². The third-order valence-corrected chi connectivity index (χ3v) is 5.47. The molecule has 0 unspecified atom stereocenters. The van der Waals surface area contributed by atoms with Crippen molar-refractivity contribution in [1.82, 2.24) is 9.88 Å². The molecule has 0 atom stereocenters. The average molecular weight is 350 g/mol. The summed E-state index contributed by atoms with van der Waals surface area (Å²) in [5.41, 5.74) is 4.04. The van der Waals surface area contributed by atoms with Gasteiger partial charge >= 0.3 is 0 Å². The molecule has 0 aliphatic carbocycles. The lowest BCUT2D eigenvalue weighted by molar-refractivity contribution is 0.0993. The first kappa shape index (κ1) is 17.0. The average Bonchev–Trinajstić information content (AvgIpc) is 3.06. The zero-order valence-corrected chi connectivity index (χ0v) is 15.0. The topological polar surface area (TPSA) is 36.1 Å². The quantitative estimate of drug-likeness (QED) is 0.701. The number of H-pyrrole nitrogens is 1. The first-order chi connectivity index (χ1) is 12.6. The molecule has 134 valence electrons. The van der Waals surface area contributed by atoms with Crippen molar-refractivity contribution in [1.29, 1.82) is 0 Å². The van der Waals surface area contributed by atoms with E-state index in [9.17, 15) is 9.18 Å². The lowest BCUT2D eigenvalue weighted by Crippen LogP contribution is -2.29. The van der Waals surface area contributed by atoms with E-state index in [0.717, 1.165) is 24.2 Å². The van der Waals surface area contributed by atoms with Gasteiger partial charge in [0.15, 0.2) is 5.78 Å². The molecule has 3 nitrogen and oxygen atoms in total. The molecule has 1 aliphatic rings. The van der Waals surface area contributed by atoms with E-state index in [0.29, 0.717) is 17.9 Å². The Morgan fingerprint density at radius 1 is 1.15 bits per heavy atom. The zero-order chi connectivity index (χ0) is 18.1. The Bertz CT molecular complexity index is 921. The molecule has 0 bridgehead atoms. The number of hydrogen-bond acceptors (Lipinski definition) is 2. The van der Waals surface area contributed by atoms with Gasteiger partial charge in [0, 0.05) is 29.1 Å². The van der Waals surface area contributed by atoms with Crippen LogP contribution < -0.4 is 0 Å². The Kier molecular flexibility index (Phi) is 4.60. The third-order valence-electron chi connectivity index (χ3n) is 5.47. The summed E-state index contributed by atoms with van der Waals surface area (Å²) in [5.74, 6) is 0.266. The van der Waals surface area contributed by atoms with E-state index in [2.05, 4.69) is 35.3 Å². The van der Waals surface area contributed by atoms with Crippen molar-refractivity contribution in [2.24, 2.45) is 0 Å². The van der Waals surface area contributed by atoms with Gasteiger partial charge in [0.2, 0.25) is 0 Å². The fourth-order valence-corrected chi connectivity index (χ4v) is 3.88. The van der Waals surface area contributed by atoms with E-state index >= 15 is 0 Å². The lowest BCUT2D eigenvalue weighted by Gasteiger charge is -2.28. The SMILES string of the molecule is CN1CCC(c2c[nH]c3ccc(CC(=O)c4ccc(F)cc4)cc23)CC1. The first-order valence-corrected chi connectivity index (χ1v) is 9.17. The van der Waals surface area contributed by atoms with Crippen molar-refractivity contribution in [2.45, 2.75) is 25.2 Å². The molecule has 26 heavy (non-hydrogen) atoms. The number of aromatic amines is 1. The second-order valence-corrected chi connectivity index (χ2v) is 7.31. The zero-order valence-electron chi connectivity index (χ0n) is 15.0. The minimum atomic E-state index is -0.321. The summed E-state index contributed by atoms with van der Waals surface area (Å²) in [6.45, 7) is 2.25. The smallest absolute Gasteiger partial charge is 0.167 e. The highest BCUT2D eigenvalue weighted by atomic mass is 19.1. The predicted octanol–water partition coefficient (Wildman–Crippen LogP) is 4.54. The summed E-state index contributed by atoms with van der Waals surface area (Å²) in [6.07, 6.45) is 4.80. The Morgan fingerprint density at radius 3 is 2.62 bits per heavy atom. The number of nitrogens with one attached hydrogen (secondary N) is 1. The van der Waals surface area contributed by atoms with Crippen LogP contribution in [0.2, 0.25) is 0 Å². The van der Waals surface area contributed by atoms with Crippen LogP contribution in [0.1, 0.15) is 40.2 Å². The van der Waals surface area contributed by atoms with Gasteiger partial charge in [-0.2, -0.15) is 0 Å². The molecule has 1 saturated heterocycles. The van der Waals surface area contributed by atoms with Gasteiger partial charge in [-0.25, -0.2) is 4.39 Å². The molecule has 2 heterocycles. The number of carbonyl (C=O) groups is 1. The van der Waals surface area contributed by atoms with E-state index in [4.69, 9.17) is 0 Å². The molecule has 1 aromatic heterocycles. The Labute approximate surface area is 152 Å². The number of benzene rings is 2. The van der Waals surface area contributed by atoms with Crippen LogP contribution in [0, 0.1) is 5.82 Å². The molecule has 0 spiro atoms. The van der Waals surface area contributed by atoms with Crippen molar-refractivity contribution in [2.75, 3.05) is 20.1 Å². The third kappa shape index (κ3) is 3.42. The molecule has 0 radical (unpaired) electrons. The Balaban J connectivity index is 1.57. The van der Waals surface area contributed by atoms with Crippen LogP contribution in [0.15, 0.2) is 48.7 Å². The van der Waals surface area contributed by atoms with Crippen molar-refractivity contribution >= 4 is 16.7 Å². The number of ketones is 1. The van der Waals surface area contributed by atoms with Crippen molar-refractivity contribution in [3.05, 3.63) is 71.2 Å². The van der Waals surface area contributed by atoms with Gasteiger partial charge < -0.3 is 9.88 Å². The number of fused-ring (bicyclic) bond motifs is 1. The van der Waals surface area contributed by atoms with E-state index in [-0.39, 0.29) is 11.6 Å². The van der Waals surface area contributed by atoms with Crippen LogP contribution in [0.5, 0.6) is 0 Å². The monoisotopic (exact) mass is 350 g/mol. The predicted molar refractivity (Wildman–Crippen MR) is 102 cm³/mol. The number of halogens is 1. The number of piperidine rings is 1. The maximum absolute atomic E-state index is 13.0. The van der Waals surface area contributed by atoms with Crippen molar-refractivity contribution < 1.29 is 9.18 Å². The minimum absolute atomic E-state index is 0.0146. The second-order valence-electron chi connectivity index (χ2n) is 7.31. The second kappa shape index (κ2) is 7.04. The van der Waals surface area contributed by atoms with Gasteiger partial charge in [-0.1, -0.05) is 6.07 Å². The first-order valence-electron chi connectivity index (χ1n) is 9.17. The molecular weight excluding hydrogens is 327 g/mol. The molecule has 4 rings (SSSR count). The fraction of sp³-hybridized carbons (Fsp3) is 0.318. The molecule has 1 fully saturated rings. The summed E-state index contributed by atoms with van der Waals surface area (Å²) in [4.78, 5) is 18.2. The number of rotatable bonds is 4. The normalized spacial score (nSPS) is 16.2. The summed E-state index contributed by atoms with van der Waals surface area (Å²) in [5, 5.41) is 1.23. The van der Waals surface area contributed by atoms with Gasteiger partial charge in [-0.15, -0.1) is 0 Å². The Morgan fingerprint density at radius 2 is 1.88 bits per heavy atom. The van der Waals surface area contributed by atoms with Crippen LogP contribution in [-0.4, -0.2) is 35.8 Å². The molecule has 3 aromatic rings. The number of nitrogens with zero attached hydrogens (tertiary/aromatic N) is 1. The number of Topliss-reactive ketones (excluding diaryl/α,β-unsaturated/α-hetero) is 1. The van der Waals surface area contributed by atoms with Crippen LogP contribution in [-0.2, 0) is 6.42 Å². The van der Waals surface area contributed by atoms with Gasteiger partial charge in [0.25, 0.3) is 0 Å². The maximum Gasteiger partial charge on any atom is 0.167 e. The maximum atomic E-state index is 13.0. The molecule has 0 amide bonds. The number of aromatic nitrogens is 1. The standard InChI is InChI=1S/C22H23FN2O/c1-25-10-8-16(9-11-25)20-14-24-21-7-2-15(12-19(20)21)13-22(26)17-3-5-18(23)6-4-17/h2-7,12,14,16,24H,8-11,13H2,1H3. The highest BCUT2D eigenvalue weighted by molar-refractivity contribution is 5.98. The summed E-state index contributed by atoms with van der Waals surface area (Å²) in [6, 6.07) is 12.0.